The maximum Gasteiger partial charge on any atom is 0.242 e. The molecule has 7 heteroatoms. The van der Waals surface area contributed by atoms with Crippen molar-refractivity contribution in [3.63, 3.8) is 0 Å². The summed E-state index contributed by atoms with van der Waals surface area (Å²) in [6.45, 7) is 3.00. The van der Waals surface area contributed by atoms with Crippen LogP contribution in [0, 0.1) is 0 Å². The Balaban J connectivity index is 1.59. The van der Waals surface area contributed by atoms with Crippen molar-refractivity contribution in [2.45, 2.75) is 38.0 Å². The Morgan fingerprint density at radius 3 is 2.79 bits per heavy atom. The number of hydrogen-bond donors (Lipinski definition) is 2. The third-order valence-electron chi connectivity index (χ3n) is 4.32. The van der Waals surface area contributed by atoms with E-state index in [0.29, 0.717) is 31.7 Å². The lowest BCUT2D eigenvalue weighted by Crippen LogP contribution is -2.34. The number of benzene rings is 1. The van der Waals surface area contributed by atoms with Crippen LogP contribution in [0.1, 0.15) is 37.1 Å². The Morgan fingerprint density at radius 2 is 2.08 bits per heavy atom. The lowest BCUT2D eigenvalue weighted by atomic mass is 9.91. The van der Waals surface area contributed by atoms with Gasteiger partial charge in [-0.1, -0.05) is 35.5 Å². The van der Waals surface area contributed by atoms with E-state index in [1.54, 1.807) is 6.20 Å². The van der Waals surface area contributed by atoms with Crippen LogP contribution in [-0.4, -0.2) is 39.2 Å². The first-order valence-electron chi connectivity index (χ1n) is 8.12. The highest BCUT2D eigenvalue weighted by atomic mass is 16.5. The quantitative estimate of drug-likeness (QED) is 0.858. The number of nitrogens with zero attached hydrogens (tertiary/aromatic N) is 3. The van der Waals surface area contributed by atoms with E-state index >= 15 is 0 Å². The Bertz CT molecular complexity index is 680. The first-order valence-corrected chi connectivity index (χ1v) is 8.12. The summed E-state index contributed by atoms with van der Waals surface area (Å²) in [7, 11) is 0. The second-order valence-electron chi connectivity index (χ2n) is 6.15. The summed E-state index contributed by atoms with van der Waals surface area (Å²) >= 11 is 0. The normalized spacial score (nSPS) is 18.1. The molecule has 0 bridgehead atoms. The second-order valence-corrected chi connectivity index (χ2v) is 6.15. The molecule has 7 nitrogen and oxygen atoms in total. The van der Waals surface area contributed by atoms with Crippen LogP contribution in [0.3, 0.4) is 0 Å². The molecule has 0 radical (unpaired) electrons. The van der Waals surface area contributed by atoms with Crippen LogP contribution >= 0.6 is 0 Å². The molecule has 2 aromatic rings. The van der Waals surface area contributed by atoms with Crippen molar-refractivity contribution in [3.8, 4) is 0 Å². The minimum absolute atomic E-state index is 0.0662. The van der Waals surface area contributed by atoms with Gasteiger partial charge in [0.2, 0.25) is 5.91 Å². The van der Waals surface area contributed by atoms with E-state index in [0.717, 1.165) is 5.56 Å². The maximum absolute atomic E-state index is 12.2. The molecule has 0 aliphatic carbocycles. The number of amides is 1. The summed E-state index contributed by atoms with van der Waals surface area (Å²) in [5.74, 6) is -0.151. The van der Waals surface area contributed by atoms with Crippen molar-refractivity contribution in [1.82, 2.24) is 20.3 Å². The molecule has 1 aliphatic heterocycles. The molecule has 2 N–H and O–H groups in total. The molecule has 1 aliphatic rings. The predicted octanol–water partition coefficient (Wildman–Crippen LogP) is 1.15. The van der Waals surface area contributed by atoms with Crippen LogP contribution in [-0.2, 0) is 21.7 Å². The van der Waals surface area contributed by atoms with Gasteiger partial charge in [0, 0.05) is 26.1 Å². The molecule has 0 spiro atoms. The molecule has 3 rings (SSSR count). The molecule has 0 unspecified atom stereocenters. The van der Waals surface area contributed by atoms with Gasteiger partial charge in [-0.3, -0.25) is 4.79 Å². The van der Waals surface area contributed by atoms with Gasteiger partial charge in [0.1, 0.15) is 17.8 Å². The van der Waals surface area contributed by atoms with Gasteiger partial charge < -0.3 is 15.2 Å². The lowest BCUT2D eigenvalue weighted by Gasteiger charge is -2.29. The monoisotopic (exact) mass is 330 g/mol. The van der Waals surface area contributed by atoms with Gasteiger partial charge in [-0.25, -0.2) is 4.68 Å². The summed E-state index contributed by atoms with van der Waals surface area (Å²) in [6.07, 6.45) is 2.62. The standard InChI is InChI=1S/C17H22N4O3/c1-13(14-5-3-2-4-6-14)18-16(22)12-21-11-15(19-20-21)17(23)7-9-24-10-8-17/h2-6,11,13,23H,7-10,12H2,1H3,(H,18,22)/t13-/m1/s1. The first kappa shape index (κ1) is 16.6. The maximum atomic E-state index is 12.2. The summed E-state index contributed by atoms with van der Waals surface area (Å²) < 4.78 is 6.72. The average Bonchev–Trinajstić information content (AvgIpc) is 3.05. The molecule has 1 saturated heterocycles. The van der Waals surface area contributed by atoms with E-state index in [4.69, 9.17) is 4.74 Å². The Kier molecular flexibility index (Phi) is 4.92. The highest BCUT2D eigenvalue weighted by molar-refractivity contribution is 5.76. The first-order chi connectivity index (χ1) is 11.6. The van der Waals surface area contributed by atoms with Gasteiger partial charge in [0.15, 0.2) is 0 Å². The zero-order chi connectivity index (χ0) is 17.0. The fourth-order valence-corrected chi connectivity index (χ4v) is 2.81. The molecule has 1 fully saturated rings. The molecule has 128 valence electrons. The number of aromatic nitrogens is 3. The molecule has 0 saturated carbocycles. The minimum Gasteiger partial charge on any atom is -0.383 e. The topological polar surface area (TPSA) is 89.3 Å². The van der Waals surface area contributed by atoms with Crippen LogP contribution < -0.4 is 5.32 Å². The van der Waals surface area contributed by atoms with Crippen LogP contribution in [0.15, 0.2) is 36.5 Å². The van der Waals surface area contributed by atoms with Gasteiger partial charge in [0.25, 0.3) is 0 Å². The zero-order valence-corrected chi connectivity index (χ0v) is 13.7. The number of rotatable bonds is 5. The molecular formula is C17H22N4O3. The number of nitrogens with one attached hydrogen (secondary N) is 1. The van der Waals surface area contributed by atoms with Crippen molar-refractivity contribution in [1.29, 1.82) is 0 Å². The molecule has 1 aromatic heterocycles. The summed E-state index contributed by atoms with van der Waals surface area (Å²) in [6, 6.07) is 9.68. The van der Waals surface area contributed by atoms with E-state index in [1.807, 2.05) is 37.3 Å². The number of ether oxygens (including phenoxy) is 1. The van der Waals surface area contributed by atoms with Gasteiger partial charge in [0.05, 0.1) is 12.2 Å². The smallest absolute Gasteiger partial charge is 0.242 e. The number of carbonyl (C=O) groups is 1. The molecule has 2 heterocycles. The van der Waals surface area contributed by atoms with Crippen molar-refractivity contribution in [2.24, 2.45) is 0 Å². The van der Waals surface area contributed by atoms with Crippen molar-refractivity contribution in [2.75, 3.05) is 13.2 Å². The third kappa shape index (κ3) is 3.80. The van der Waals surface area contributed by atoms with Crippen LogP contribution in [0.2, 0.25) is 0 Å². The van der Waals surface area contributed by atoms with E-state index < -0.39 is 5.60 Å². The average molecular weight is 330 g/mol. The third-order valence-corrected chi connectivity index (χ3v) is 4.32. The largest absolute Gasteiger partial charge is 0.383 e. The minimum atomic E-state index is -1.01. The van der Waals surface area contributed by atoms with E-state index in [2.05, 4.69) is 15.6 Å². The Morgan fingerprint density at radius 1 is 1.38 bits per heavy atom. The van der Waals surface area contributed by atoms with E-state index in [1.165, 1.54) is 4.68 Å². The van der Waals surface area contributed by atoms with Crippen LogP contribution in [0.5, 0.6) is 0 Å². The Labute approximate surface area is 140 Å². The number of carbonyl (C=O) groups excluding carboxylic acids is 1. The van der Waals surface area contributed by atoms with E-state index in [-0.39, 0.29) is 18.5 Å². The Hall–Kier alpha value is -2.25. The number of hydrogen-bond acceptors (Lipinski definition) is 5. The highest BCUT2D eigenvalue weighted by Crippen LogP contribution is 2.29. The molecular weight excluding hydrogens is 308 g/mol. The summed E-state index contributed by atoms with van der Waals surface area (Å²) in [5.41, 5.74) is 0.529. The number of aliphatic hydroxyl groups is 1. The van der Waals surface area contributed by atoms with Crippen molar-refractivity contribution >= 4 is 5.91 Å². The molecule has 1 atom stereocenters. The fourth-order valence-electron chi connectivity index (χ4n) is 2.81. The summed E-state index contributed by atoms with van der Waals surface area (Å²) in [4.78, 5) is 12.2. The molecule has 24 heavy (non-hydrogen) atoms. The van der Waals surface area contributed by atoms with Crippen molar-refractivity contribution < 1.29 is 14.6 Å². The molecule has 1 amide bonds. The van der Waals surface area contributed by atoms with Gasteiger partial charge in [-0.2, -0.15) is 0 Å². The zero-order valence-electron chi connectivity index (χ0n) is 13.7. The highest BCUT2D eigenvalue weighted by Gasteiger charge is 2.34. The van der Waals surface area contributed by atoms with Crippen LogP contribution in [0.25, 0.3) is 0 Å². The lowest BCUT2D eigenvalue weighted by molar-refractivity contribution is -0.122. The van der Waals surface area contributed by atoms with E-state index in [9.17, 15) is 9.90 Å². The van der Waals surface area contributed by atoms with Crippen molar-refractivity contribution in [3.05, 3.63) is 47.8 Å². The SMILES string of the molecule is C[C@@H](NC(=O)Cn1cc(C2(O)CCOCC2)nn1)c1ccccc1. The molecule has 1 aromatic carbocycles. The second kappa shape index (κ2) is 7.11. The van der Waals surface area contributed by atoms with Gasteiger partial charge in [-0.15, -0.1) is 5.10 Å². The summed E-state index contributed by atoms with van der Waals surface area (Å²) in [5, 5.41) is 21.5. The fraction of sp³-hybridized carbons (Fsp3) is 0.471. The predicted molar refractivity (Wildman–Crippen MR) is 87.0 cm³/mol. The van der Waals surface area contributed by atoms with Crippen LogP contribution in [0.4, 0.5) is 0 Å². The van der Waals surface area contributed by atoms with Gasteiger partial charge in [-0.05, 0) is 12.5 Å². The van der Waals surface area contributed by atoms with Gasteiger partial charge >= 0.3 is 0 Å².